The topological polar surface area (TPSA) is 49.9 Å². The summed E-state index contributed by atoms with van der Waals surface area (Å²) in [6.45, 7) is 7.12. The number of alkyl halides is 3. The number of halogens is 3. The number of thioether (sulfide) groups is 1. The van der Waals surface area contributed by atoms with E-state index in [1.807, 2.05) is 39.0 Å². The number of piperidine rings is 1. The van der Waals surface area contributed by atoms with Crippen LogP contribution in [-0.2, 0) is 22.5 Å². The number of hydrogen-bond donors (Lipinski definition) is 0. The van der Waals surface area contributed by atoms with Crippen molar-refractivity contribution in [2.24, 2.45) is 5.92 Å². The van der Waals surface area contributed by atoms with Crippen LogP contribution in [0.5, 0.6) is 0 Å². The van der Waals surface area contributed by atoms with E-state index in [4.69, 9.17) is 4.74 Å². The molecule has 3 rings (SSSR count). The van der Waals surface area contributed by atoms with Crippen LogP contribution in [0.3, 0.4) is 0 Å². The Bertz CT molecular complexity index is 846. The van der Waals surface area contributed by atoms with Crippen LogP contribution >= 0.6 is 11.8 Å². The van der Waals surface area contributed by atoms with Crippen molar-refractivity contribution in [1.82, 2.24) is 9.80 Å². The van der Waals surface area contributed by atoms with E-state index in [0.29, 0.717) is 31.8 Å². The molecule has 1 saturated heterocycles. The Kier molecular flexibility index (Phi) is 8.24. The molecule has 1 aromatic carbocycles. The fraction of sp³-hybridized carbons (Fsp3) is 0.667. The summed E-state index contributed by atoms with van der Waals surface area (Å²) >= 11 is 1.69. The van der Waals surface area contributed by atoms with E-state index in [1.165, 1.54) is 0 Å². The molecule has 0 aliphatic carbocycles. The molecule has 184 valence electrons. The molecular weight excluding hydrogens is 453 g/mol. The van der Waals surface area contributed by atoms with Crippen molar-refractivity contribution >= 4 is 23.8 Å². The highest BCUT2D eigenvalue weighted by Gasteiger charge is 2.42. The predicted molar refractivity (Wildman–Crippen MR) is 122 cm³/mol. The van der Waals surface area contributed by atoms with Crippen LogP contribution in [0.4, 0.5) is 18.0 Å². The average Bonchev–Trinajstić information content (AvgIpc) is 2.93. The van der Waals surface area contributed by atoms with Crippen molar-refractivity contribution in [1.29, 1.82) is 0 Å². The third-order valence-electron chi connectivity index (χ3n) is 6.00. The Balaban J connectivity index is 1.48. The number of likely N-dealkylation sites (tertiary alicyclic amines) is 1. The van der Waals surface area contributed by atoms with E-state index in [1.54, 1.807) is 16.7 Å². The van der Waals surface area contributed by atoms with Gasteiger partial charge >= 0.3 is 18.2 Å². The van der Waals surface area contributed by atoms with E-state index >= 15 is 0 Å². The predicted octanol–water partition coefficient (Wildman–Crippen LogP) is 5.65. The maximum absolute atomic E-state index is 12.9. The molecule has 0 unspecified atom stereocenters. The van der Waals surface area contributed by atoms with Crippen molar-refractivity contribution in [2.45, 2.75) is 76.1 Å². The van der Waals surface area contributed by atoms with Gasteiger partial charge in [-0.1, -0.05) is 6.07 Å². The molecule has 9 heteroatoms. The van der Waals surface area contributed by atoms with Crippen molar-refractivity contribution in [2.75, 3.05) is 25.4 Å². The lowest BCUT2D eigenvalue weighted by atomic mass is 9.95. The fourth-order valence-corrected chi connectivity index (χ4v) is 5.33. The third kappa shape index (κ3) is 7.55. The Morgan fingerprint density at radius 1 is 1.06 bits per heavy atom. The quantitative estimate of drug-likeness (QED) is 0.516. The summed E-state index contributed by atoms with van der Waals surface area (Å²) < 4.78 is 44.1. The molecule has 0 spiro atoms. The molecule has 33 heavy (non-hydrogen) atoms. The highest BCUT2D eigenvalue weighted by molar-refractivity contribution is 7.99. The van der Waals surface area contributed by atoms with Gasteiger partial charge in [0.05, 0.1) is 0 Å². The smallest absolute Gasteiger partial charge is 0.444 e. The lowest BCUT2D eigenvalue weighted by Gasteiger charge is -2.33. The zero-order chi connectivity index (χ0) is 24.2. The molecule has 1 aromatic rings. The zero-order valence-corrected chi connectivity index (χ0v) is 20.4. The lowest BCUT2D eigenvalue weighted by Crippen LogP contribution is -2.41. The molecule has 2 aliphatic rings. The first-order valence-electron chi connectivity index (χ1n) is 11.5. The molecule has 0 N–H and O–H groups in total. The molecule has 2 heterocycles. The number of benzene rings is 1. The molecule has 0 atom stereocenters. The van der Waals surface area contributed by atoms with Gasteiger partial charge in [0, 0.05) is 31.1 Å². The minimum Gasteiger partial charge on any atom is -0.444 e. The summed E-state index contributed by atoms with van der Waals surface area (Å²) in [5, 5.41) is 0. The fourth-order valence-electron chi connectivity index (χ4n) is 4.25. The van der Waals surface area contributed by atoms with E-state index in [2.05, 4.69) is 0 Å². The summed E-state index contributed by atoms with van der Waals surface area (Å²) in [5.74, 6) is -0.316. The Labute approximate surface area is 198 Å². The van der Waals surface area contributed by atoms with E-state index in [0.717, 1.165) is 45.9 Å². The molecule has 0 bridgehead atoms. The summed E-state index contributed by atoms with van der Waals surface area (Å²) in [7, 11) is 0. The van der Waals surface area contributed by atoms with E-state index in [9.17, 15) is 22.8 Å². The molecule has 5 nitrogen and oxygen atoms in total. The Morgan fingerprint density at radius 2 is 1.76 bits per heavy atom. The van der Waals surface area contributed by atoms with Crippen molar-refractivity contribution in [3.05, 3.63) is 29.3 Å². The second-order valence-electron chi connectivity index (χ2n) is 9.81. The number of nitrogens with zero attached hydrogens (tertiary/aromatic N) is 2. The van der Waals surface area contributed by atoms with Gasteiger partial charge in [0.25, 0.3) is 0 Å². The van der Waals surface area contributed by atoms with Crippen LogP contribution in [0.2, 0.25) is 0 Å². The number of amides is 2. The lowest BCUT2D eigenvalue weighted by molar-refractivity contribution is -0.186. The van der Waals surface area contributed by atoms with Crippen molar-refractivity contribution < 1.29 is 27.5 Å². The monoisotopic (exact) mass is 486 g/mol. The van der Waals surface area contributed by atoms with Gasteiger partial charge in [-0.2, -0.15) is 13.2 Å². The van der Waals surface area contributed by atoms with Crippen molar-refractivity contribution in [3.63, 3.8) is 0 Å². The van der Waals surface area contributed by atoms with Gasteiger partial charge in [-0.3, -0.25) is 4.79 Å². The van der Waals surface area contributed by atoms with Crippen LogP contribution in [0, 0.1) is 5.92 Å². The number of aryl methyl sites for hydroxylation is 1. The van der Waals surface area contributed by atoms with E-state index < -0.39 is 17.7 Å². The van der Waals surface area contributed by atoms with Crippen molar-refractivity contribution in [3.8, 4) is 0 Å². The van der Waals surface area contributed by atoms with Gasteiger partial charge in [0.1, 0.15) is 5.60 Å². The second kappa shape index (κ2) is 10.6. The molecule has 0 saturated carbocycles. The van der Waals surface area contributed by atoms with E-state index in [-0.39, 0.29) is 19.2 Å². The normalized spacial score (nSPS) is 18.0. The largest absolute Gasteiger partial charge is 0.471 e. The third-order valence-corrected chi connectivity index (χ3v) is 7.03. The average molecular weight is 487 g/mol. The minimum absolute atomic E-state index is 0.00516. The number of hydrogen-bond acceptors (Lipinski definition) is 4. The number of fused-ring (bicyclic) bond motifs is 1. The van der Waals surface area contributed by atoms with Gasteiger partial charge in [-0.25, -0.2) is 4.79 Å². The summed E-state index contributed by atoms with van der Waals surface area (Å²) in [6.07, 6.45) is -0.977. The second-order valence-corrected chi connectivity index (χ2v) is 11.0. The number of rotatable bonds is 4. The first-order valence-corrected chi connectivity index (χ1v) is 12.5. The van der Waals surface area contributed by atoms with Gasteiger partial charge in [0.15, 0.2) is 0 Å². The SMILES string of the molecule is CC(C)(C)OC(=O)N1CCC(CCSc2ccc3c(c2)CN(C(=O)C(F)(F)F)CCC3)CC1. The molecule has 2 amide bonds. The van der Waals surface area contributed by atoms with Crippen LogP contribution in [0.25, 0.3) is 0 Å². The zero-order valence-electron chi connectivity index (χ0n) is 19.5. The van der Waals surface area contributed by atoms with Crippen LogP contribution in [-0.4, -0.2) is 59.0 Å². The Morgan fingerprint density at radius 3 is 2.39 bits per heavy atom. The Hall–Kier alpha value is -1.90. The summed E-state index contributed by atoms with van der Waals surface area (Å²) in [6, 6.07) is 5.95. The first kappa shape index (κ1) is 25.7. The van der Waals surface area contributed by atoms with Gasteiger partial charge in [-0.05, 0) is 87.8 Å². The highest BCUT2D eigenvalue weighted by atomic mass is 32.2. The standard InChI is InChI=1S/C24H33F3N2O3S/c1-23(2,3)32-22(31)28-12-8-17(9-13-28)10-14-33-20-7-6-18-5-4-11-29(16-19(18)15-20)21(30)24(25,26)27/h6-7,15,17H,4-5,8-14,16H2,1-3H3. The number of carbonyl (C=O) groups excluding carboxylic acids is 2. The van der Waals surface area contributed by atoms with Crippen LogP contribution in [0.15, 0.2) is 23.1 Å². The van der Waals surface area contributed by atoms with Gasteiger partial charge < -0.3 is 14.5 Å². The van der Waals surface area contributed by atoms with Gasteiger partial charge in [-0.15, -0.1) is 11.8 Å². The minimum atomic E-state index is -4.84. The maximum atomic E-state index is 12.9. The van der Waals surface area contributed by atoms with Crippen LogP contribution in [0.1, 0.15) is 57.6 Å². The highest BCUT2D eigenvalue weighted by Crippen LogP contribution is 2.30. The molecule has 0 radical (unpaired) electrons. The van der Waals surface area contributed by atoms with Gasteiger partial charge in [0.2, 0.25) is 0 Å². The molecule has 1 fully saturated rings. The molecular formula is C24H33F3N2O3S. The van der Waals surface area contributed by atoms with Crippen LogP contribution < -0.4 is 0 Å². The molecule has 2 aliphatic heterocycles. The number of ether oxygens (including phenoxy) is 1. The maximum Gasteiger partial charge on any atom is 0.471 e. The molecule has 0 aromatic heterocycles. The summed E-state index contributed by atoms with van der Waals surface area (Å²) in [5.41, 5.74) is 1.34. The first-order chi connectivity index (χ1) is 15.4. The summed E-state index contributed by atoms with van der Waals surface area (Å²) in [4.78, 5) is 27.6. The number of carbonyl (C=O) groups is 2.